The first-order valence-corrected chi connectivity index (χ1v) is 4.76. The van der Waals surface area contributed by atoms with E-state index in [9.17, 15) is 4.79 Å². The molecule has 0 aromatic carbocycles. The molecule has 0 radical (unpaired) electrons. The second-order valence-corrected chi connectivity index (χ2v) is 3.72. The number of aliphatic imine (C=N–C) groups is 1. The van der Waals surface area contributed by atoms with Gasteiger partial charge in [-0.2, -0.15) is 10.3 Å². The second kappa shape index (κ2) is 4.20. The van der Waals surface area contributed by atoms with Crippen LogP contribution >= 0.6 is 0 Å². The van der Waals surface area contributed by atoms with Crippen LogP contribution in [-0.2, 0) is 4.79 Å². The Bertz CT molecular complexity index is 263. The van der Waals surface area contributed by atoms with Gasteiger partial charge in [-0.3, -0.25) is 0 Å². The maximum Gasteiger partial charge on any atom is 0.236 e. The number of nitriles is 1. The molecule has 1 aliphatic rings. The van der Waals surface area contributed by atoms with Crippen molar-refractivity contribution < 1.29 is 4.79 Å². The number of hydrogen-bond donors (Lipinski definition) is 0. The molecular weight excluding hydrogens is 164 g/mol. The maximum absolute atomic E-state index is 10.2. The van der Waals surface area contributed by atoms with E-state index in [1.54, 1.807) is 0 Å². The molecule has 0 heterocycles. The molecule has 1 fully saturated rings. The Hall–Kier alpha value is -1.13. The van der Waals surface area contributed by atoms with Gasteiger partial charge in [-0.15, -0.1) is 0 Å². The molecule has 0 bridgehead atoms. The van der Waals surface area contributed by atoms with E-state index in [1.165, 1.54) is 6.08 Å². The Balaban J connectivity index is 2.76. The van der Waals surface area contributed by atoms with Gasteiger partial charge in [0.2, 0.25) is 6.08 Å². The number of hydrogen-bond acceptors (Lipinski definition) is 3. The predicted molar refractivity (Wildman–Crippen MR) is 48.7 cm³/mol. The molecular formula is C10H14N2O. The minimum atomic E-state index is -0.749. The quantitative estimate of drug-likeness (QED) is 0.480. The van der Waals surface area contributed by atoms with E-state index in [-0.39, 0.29) is 0 Å². The lowest BCUT2D eigenvalue weighted by Gasteiger charge is -2.30. The summed E-state index contributed by atoms with van der Waals surface area (Å²) in [5.41, 5.74) is -0.749. The highest BCUT2D eigenvalue weighted by Gasteiger charge is 2.35. The van der Waals surface area contributed by atoms with Crippen LogP contribution in [0.15, 0.2) is 4.99 Å². The van der Waals surface area contributed by atoms with Crippen molar-refractivity contribution in [2.24, 2.45) is 10.9 Å². The van der Waals surface area contributed by atoms with Crippen LogP contribution in [0.1, 0.15) is 39.0 Å². The summed E-state index contributed by atoms with van der Waals surface area (Å²) in [6.45, 7) is 2.11. The highest BCUT2D eigenvalue weighted by Crippen LogP contribution is 2.36. The minimum Gasteiger partial charge on any atom is -0.211 e. The van der Waals surface area contributed by atoms with E-state index in [0.29, 0.717) is 5.92 Å². The molecule has 3 heteroatoms. The first-order valence-electron chi connectivity index (χ1n) is 4.76. The minimum absolute atomic E-state index is 0.547. The first-order chi connectivity index (χ1) is 6.26. The molecule has 2 atom stereocenters. The molecule has 1 rings (SSSR count). The molecule has 0 aromatic heterocycles. The van der Waals surface area contributed by atoms with Crippen LogP contribution in [0.3, 0.4) is 0 Å². The fraction of sp³-hybridized carbons (Fsp3) is 0.800. The van der Waals surface area contributed by atoms with Crippen molar-refractivity contribution in [2.75, 3.05) is 0 Å². The molecule has 0 saturated heterocycles. The topological polar surface area (TPSA) is 53.2 Å². The van der Waals surface area contributed by atoms with Crippen LogP contribution in [0.2, 0.25) is 0 Å². The van der Waals surface area contributed by atoms with Crippen molar-refractivity contribution in [3.63, 3.8) is 0 Å². The van der Waals surface area contributed by atoms with Crippen LogP contribution in [0.4, 0.5) is 0 Å². The number of carbonyl (C=O) groups excluding carboxylic acids is 1. The zero-order valence-corrected chi connectivity index (χ0v) is 7.92. The van der Waals surface area contributed by atoms with E-state index in [1.807, 2.05) is 0 Å². The van der Waals surface area contributed by atoms with E-state index in [2.05, 4.69) is 18.0 Å². The summed E-state index contributed by atoms with van der Waals surface area (Å²) in [5.74, 6) is 0.547. The van der Waals surface area contributed by atoms with Crippen molar-refractivity contribution in [1.82, 2.24) is 0 Å². The predicted octanol–water partition coefficient (Wildman–Crippen LogP) is 2.18. The zero-order chi connectivity index (χ0) is 9.73. The lowest BCUT2D eigenvalue weighted by atomic mass is 9.76. The van der Waals surface area contributed by atoms with Gasteiger partial charge in [0.25, 0.3) is 0 Å². The average Bonchev–Trinajstić information content (AvgIpc) is 2.19. The van der Waals surface area contributed by atoms with E-state index in [0.717, 1.165) is 32.1 Å². The van der Waals surface area contributed by atoms with Crippen LogP contribution in [0.5, 0.6) is 0 Å². The van der Waals surface area contributed by atoms with Crippen molar-refractivity contribution in [2.45, 2.75) is 44.6 Å². The van der Waals surface area contributed by atoms with E-state index < -0.39 is 5.54 Å². The van der Waals surface area contributed by atoms with Crippen molar-refractivity contribution in [3.05, 3.63) is 0 Å². The van der Waals surface area contributed by atoms with Crippen LogP contribution in [0, 0.1) is 17.2 Å². The summed E-state index contributed by atoms with van der Waals surface area (Å²) < 4.78 is 0. The molecule has 0 spiro atoms. The van der Waals surface area contributed by atoms with Crippen LogP contribution in [-0.4, -0.2) is 11.6 Å². The molecule has 70 valence electrons. The highest BCUT2D eigenvalue weighted by molar-refractivity contribution is 5.37. The first kappa shape index (κ1) is 9.95. The van der Waals surface area contributed by atoms with Gasteiger partial charge in [0.1, 0.15) is 0 Å². The number of isocyanates is 1. The monoisotopic (exact) mass is 178 g/mol. The molecule has 1 aliphatic carbocycles. The summed E-state index contributed by atoms with van der Waals surface area (Å²) in [4.78, 5) is 13.9. The van der Waals surface area contributed by atoms with Gasteiger partial charge in [0.05, 0.1) is 6.07 Å². The molecule has 0 N–H and O–H groups in total. The van der Waals surface area contributed by atoms with Crippen molar-refractivity contribution >= 4 is 6.08 Å². The molecule has 2 unspecified atom stereocenters. The van der Waals surface area contributed by atoms with Crippen LogP contribution in [0.25, 0.3) is 0 Å². The Kier molecular flexibility index (Phi) is 3.22. The van der Waals surface area contributed by atoms with E-state index >= 15 is 0 Å². The largest absolute Gasteiger partial charge is 0.236 e. The summed E-state index contributed by atoms with van der Waals surface area (Å²) in [6, 6.07) is 2.15. The number of nitrogens with zero attached hydrogens (tertiary/aromatic N) is 2. The Morgan fingerprint density at radius 3 is 3.00 bits per heavy atom. The second-order valence-electron chi connectivity index (χ2n) is 3.72. The maximum atomic E-state index is 10.2. The Labute approximate surface area is 78.5 Å². The fourth-order valence-electron chi connectivity index (χ4n) is 2.03. The van der Waals surface area contributed by atoms with Gasteiger partial charge in [-0.05, 0) is 25.2 Å². The smallest absolute Gasteiger partial charge is 0.211 e. The third-order valence-corrected chi connectivity index (χ3v) is 2.87. The van der Waals surface area contributed by atoms with Crippen molar-refractivity contribution in [1.29, 1.82) is 5.26 Å². The van der Waals surface area contributed by atoms with Crippen LogP contribution < -0.4 is 0 Å². The normalized spacial score (nSPS) is 33.1. The standard InChI is InChI=1S/C10H14N2O/c1-2-9-4-3-5-10(6-9,7-11)12-8-13/h9H,2-6H2,1H3. The third kappa shape index (κ3) is 2.17. The number of rotatable bonds is 2. The van der Waals surface area contributed by atoms with Crippen molar-refractivity contribution in [3.8, 4) is 6.07 Å². The average molecular weight is 178 g/mol. The summed E-state index contributed by atoms with van der Waals surface area (Å²) in [5, 5.41) is 8.96. The van der Waals surface area contributed by atoms with E-state index in [4.69, 9.17) is 5.26 Å². The fourth-order valence-corrected chi connectivity index (χ4v) is 2.03. The molecule has 0 aliphatic heterocycles. The Morgan fingerprint density at radius 1 is 1.69 bits per heavy atom. The van der Waals surface area contributed by atoms with Gasteiger partial charge >= 0.3 is 0 Å². The SMILES string of the molecule is CCC1CCCC(C#N)(N=C=O)C1. The molecule has 0 aromatic rings. The molecule has 0 amide bonds. The zero-order valence-electron chi connectivity index (χ0n) is 7.92. The lowest BCUT2D eigenvalue weighted by Crippen LogP contribution is -2.31. The third-order valence-electron chi connectivity index (χ3n) is 2.87. The summed E-state index contributed by atoms with van der Waals surface area (Å²) in [7, 11) is 0. The van der Waals surface area contributed by atoms with Gasteiger partial charge in [0.15, 0.2) is 5.54 Å². The molecule has 1 saturated carbocycles. The Morgan fingerprint density at radius 2 is 2.46 bits per heavy atom. The lowest BCUT2D eigenvalue weighted by molar-refractivity contribution is 0.268. The van der Waals surface area contributed by atoms with Gasteiger partial charge < -0.3 is 0 Å². The van der Waals surface area contributed by atoms with Gasteiger partial charge in [-0.1, -0.05) is 19.8 Å². The molecule has 13 heavy (non-hydrogen) atoms. The summed E-state index contributed by atoms with van der Waals surface area (Å²) in [6.07, 6.45) is 6.20. The summed E-state index contributed by atoms with van der Waals surface area (Å²) >= 11 is 0. The molecule has 3 nitrogen and oxygen atoms in total. The van der Waals surface area contributed by atoms with Gasteiger partial charge in [-0.25, -0.2) is 4.79 Å². The highest BCUT2D eigenvalue weighted by atomic mass is 16.1. The van der Waals surface area contributed by atoms with Gasteiger partial charge in [0, 0.05) is 0 Å².